The molecule has 0 N–H and O–H groups in total. The lowest BCUT2D eigenvalue weighted by atomic mass is 10.1. The first-order chi connectivity index (χ1) is 8.95. The van der Waals surface area contributed by atoms with Gasteiger partial charge in [-0.15, -0.1) is 0 Å². The van der Waals surface area contributed by atoms with Gasteiger partial charge in [0, 0.05) is 20.6 Å². The van der Waals surface area contributed by atoms with E-state index in [1.165, 1.54) is 7.11 Å². The SMILES string of the molecule is COC(=O)c1ccccc1CN(C)CC(=O)N(C)C. The maximum atomic E-state index is 11.6. The van der Waals surface area contributed by atoms with Crippen molar-refractivity contribution in [3.63, 3.8) is 0 Å². The number of benzene rings is 1. The van der Waals surface area contributed by atoms with Crippen LogP contribution in [-0.2, 0) is 16.1 Å². The fourth-order valence-corrected chi connectivity index (χ4v) is 1.69. The maximum absolute atomic E-state index is 11.6. The molecule has 1 aromatic carbocycles. The molecule has 0 aromatic heterocycles. The first-order valence-corrected chi connectivity index (χ1v) is 6.00. The van der Waals surface area contributed by atoms with Crippen molar-refractivity contribution in [2.75, 3.05) is 34.8 Å². The van der Waals surface area contributed by atoms with Gasteiger partial charge in [0.2, 0.25) is 5.91 Å². The number of nitrogens with zero attached hydrogens (tertiary/aromatic N) is 2. The first kappa shape index (κ1) is 15.2. The second-order valence-electron chi connectivity index (χ2n) is 4.61. The second-order valence-corrected chi connectivity index (χ2v) is 4.61. The van der Waals surface area contributed by atoms with Crippen molar-refractivity contribution in [1.29, 1.82) is 0 Å². The zero-order chi connectivity index (χ0) is 14.4. The second kappa shape index (κ2) is 6.89. The van der Waals surface area contributed by atoms with Gasteiger partial charge in [-0.1, -0.05) is 18.2 Å². The Hall–Kier alpha value is -1.88. The largest absolute Gasteiger partial charge is 0.465 e. The molecular formula is C14H20N2O3. The van der Waals surface area contributed by atoms with Crippen LogP contribution in [0.3, 0.4) is 0 Å². The molecule has 0 bridgehead atoms. The molecule has 104 valence electrons. The Labute approximate surface area is 113 Å². The molecule has 0 unspecified atom stereocenters. The minimum atomic E-state index is -0.358. The van der Waals surface area contributed by atoms with Crippen molar-refractivity contribution in [2.45, 2.75) is 6.54 Å². The van der Waals surface area contributed by atoms with E-state index in [0.717, 1.165) is 5.56 Å². The standard InChI is InChI=1S/C14H20N2O3/c1-15(2)13(17)10-16(3)9-11-7-5-6-8-12(11)14(18)19-4/h5-8H,9-10H2,1-4H3. The summed E-state index contributed by atoms with van der Waals surface area (Å²) in [5.41, 5.74) is 1.39. The molecule has 5 nitrogen and oxygen atoms in total. The topological polar surface area (TPSA) is 49.9 Å². The van der Waals surface area contributed by atoms with Gasteiger partial charge >= 0.3 is 5.97 Å². The zero-order valence-corrected chi connectivity index (χ0v) is 11.8. The van der Waals surface area contributed by atoms with Crippen LogP contribution in [0, 0.1) is 0 Å². The van der Waals surface area contributed by atoms with Crippen LogP contribution >= 0.6 is 0 Å². The smallest absolute Gasteiger partial charge is 0.338 e. The van der Waals surface area contributed by atoms with E-state index in [-0.39, 0.29) is 11.9 Å². The van der Waals surface area contributed by atoms with E-state index < -0.39 is 0 Å². The molecule has 0 aliphatic heterocycles. The van der Waals surface area contributed by atoms with E-state index in [1.54, 1.807) is 31.1 Å². The van der Waals surface area contributed by atoms with Crippen LogP contribution in [-0.4, -0.2) is 56.5 Å². The van der Waals surface area contributed by atoms with Gasteiger partial charge in [0.1, 0.15) is 0 Å². The normalized spacial score (nSPS) is 10.4. The number of hydrogen-bond donors (Lipinski definition) is 0. The average Bonchev–Trinajstić information content (AvgIpc) is 2.38. The average molecular weight is 264 g/mol. The zero-order valence-electron chi connectivity index (χ0n) is 11.8. The quantitative estimate of drug-likeness (QED) is 0.744. The van der Waals surface area contributed by atoms with Gasteiger partial charge in [0.05, 0.1) is 19.2 Å². The summed E-state index contributed by atoms with van der Waals surface area (Å²) in [6.07, 6.45) is 0. The molecule has 1 amide bonds. The number of likely N-dealkylation sites (N-methyl/N-ethyl adjacent to an activating group) is 2. The predicted octanol–water partition coefficient (Wildman–Crippen LogP) is 0.993. The lowest BCUT2D eigenvalue weighted by molar-refractivity contribution is -0.129. The minimum Gasteiger partial charge on any atom is -0.465 e. The van der Waals surface area contributed by atoms with E-state index in [2.05, 4.69) is 0 Å². The van der Waals surface area contributed by atoms with Crippen molar-refractivity contribution in [3.05, 3.63) is 35.4 Å². The van der Waals surface area contributed by atoms with Gasteiger partial charge < -0.3 is 9.64 Å². The summed E-state index contributed by atoms with van der Waals surface area (Å²) < 4.78 is 4.75. The van der Waals surface area contributed by atoms with Crippen LogP contribution < -0.4 is 0 Å². The molecule has 5 heteroatoms. The highest BCUT2D eigenvalue weighted by Gasteiger charge is 2.14. The Morgan fingerprint density at radius 2 is 1.79 bits per heavy atom. The molecule has 0 aliphatic rings. The van der Waals surface area contributed by atoms with Gasteiger partial charge in [-0.05, 0) is 18.7 Å². The lowest BCUT2D eigenvalue weighted by Crippen LogP contribution is -2.34. The van der Waals surface area contributed by atoms with Crippen molar-refractivity contribution in [2.24, 2.45) is 0 Å². The highest BCUT2D eigenvalue weighted by molar-refractivity contribution is 5.91. The summed E-state index contributed by atoms with van der Waals surface area (Å²) in [4.78, 5) is 26.7. The van der Waals surface area contributed by atoms with Gasteiger partial charge in [-0.25, -0.2) is 4.79 Å². The lowest BCUT2D eigenvalue weighted by Gasteiger charge is -2.20. The van der Waals surface area contributed by atoms with Crippen LogP contribution in [0.15, 0.2) is 24.3 Å². The third-order valence-electron chi connectivity index (χ3n) is 2.77. The molecule has 0 saturated carbocycles. The summed E-state index contributed by atoms with van der Waals surface area (Å²) in [6.45, 7) is 0.827. The molecule has 1 rings (SSSR count). The molecule has 0 spiro atoms. The fourth-order valence-electron chi connectivity index (χ4n) is 1.69. The predicted molar refractivity (Wildman–Crippen MR) is 72.8 cm³/mol. The van der Waals surface area contributed by atoms with E-state index in [0.29, 0.717) is 18.7 Å². The molecule has 0 fully saturated rings. The third-order valence-corrected chi connectivity index (χ3v) is 2.77. The van der Waals surface area contributed by atoms with E-state index in [4.69, 9.17) is 4.74 Å². The molecule has 0 heterocycles. The number of methoxy groups -OCH3 is 1. The van der Waals surface area contributed by atoms with Crippen LogP contribution in [0.25, 0.3) is 0 Å². The Morgan fingerprint density at radius 1 is 1.16 bits per heavy atom. The Balaban J connectivity index is 2.76. The van der Waals surface area contributed by atoms with Crippen molar-refractivity contribution >= 4 is 11.9 Å². The fraction of sp³-hybridized carbons (Fsp3) is 0.429. The molecule has 0 aliphatic carbocycles. The van der Waals surface area contributed by atoms with E-state index in [1.807, 2.05) is 24.1 Å². The molecule has 0 radical (unpaired) electrons. The number of carbonyl (C=O) groups is 2. The Morgan fingerprint density at radius 3 is 2.37 bits per heavy atom. The van der Waals surface area contributed by atoms with Crippen molar-refractivity contribution in [3.8, 4) is 0 Å². The number of esters is 1. The van der Waals surface area contributed by atoms with Gasteiger partial charge in [0.25, 0.3) is 0 Å². The van der Waals surface area contributed by atoms with Gasteiger partial charge in [-0.3, -0.25) is 9.69 Å². The van der Waals surface area contributed by atoms with Crippen molar-refractivity contribution in [1.82, 2.24) is 9.80 Å². The Kier molecular flexibility index (Phi) is 5.51. The van der Waals surface area contributed by atoms with Crippen LogP contribution in [0.5, 0.6) is 0 Å². The monoisotopic (exact) mass is 264 g/mol. The highest BCUT2D eigenvalue weighted by Crippen LogP contribution is 2.12. The minimum absolute atomic E-state index is 0.0260. The van der Waals surface area contributed by atoms with Crippen LogP contribution in [0.4, 0.5) is 0 Å². The maximum Gasteiger partial charge on any atom is 0.338 e. The van der Waals surface area contributed by atoms with E-state index >= 15 is 0 Å². The summed E-state index contributed by atoms with van der Waals surface area (Å²) in [5.74, 6) is -0.332. The number of hydrogen-bond acceptors (Lipinski definition) is 4. The van der Waals surface area contributed by atoms with Gasteiger partial charge in [0.15, 0.2) is 0 Å². The number of carbonyl (C=O) groups excluding carboxylic acids is 2. The summed E-state index contributed by atoms with van der Waals surface area (Å²) >= 11 is 0. The summed E-state index contributed by atoms with van der Waals surface area (Å²) in [6, 6.07) is 7.25. The van der Waals surface area contributed by atoms with E-state index in [9.17, 15) is 9.59 Å². The molecule has 1 aromatic rings. The molecule has 0 saturated heterocycles. The van der Waals surface area contributed by atoms with Gasteiger partial charge in [-0.2, -0.15) is 0 Å². The Bertz CT molecular complexity index is 458. The molecule has 0 atom stereocenters. The number of rotatable bonds is 5. The van der Waals surface area contributed by atoms with Crippen LogP contribution in [0.2, 0.25) is 0 Å². The molecule has 19 heavy (non-hydrogen) atoms. The summed E-state index contributed by atoms with van der Waals surface area (Å²) in [5, 5.41) is 0. The number of ether oxygens (including phenoxy) is 1. The highest BCUT2D eigenvalue weighted by atomic mass is 16.5. The third kappa shape index (κ3) is 4.37. The molecular weight excluding hydrogens is 244 g/mol. The summed E-state index contributed by atoms with van der Waals surface area (Å²) in [7, 11) is 6.64. The number of amides is 1. The van der Waals surface area contributed by atoms with Crippen molar-refractivity contribution < 1.29 is 14.3 Å². The van der Waals surface area contributed by atoms with Crippen LogP contribution in [0.1, 0.15) is 15.9 Å². The first-order valence-electron chi connectivity index (χ1n) is 6.00.